The summed E-state index contributed by atoms with van der Waals surface area (Å²) in [6, 6.07) is 24.2. The molecule has 0 aliphatic rings. The third kappa shape index (κ3) is 6.18. The van der Waals surface area contributed by atoms with E-state index in [4.69, 9.17) is 5.11 Å². The molecule has 4 aromatic rings. The number of nitrogens with one attached hydrogen (secondary N) is 2. The minimum absolute atomic E-state index is 0.165. The Morgan fingerprint density at radius 1 is 0.914 bits per heavy atom. The molecule has 3 aromatic carbocycles. The van der Waals surface area contributed by atoms with Gasteiger partial charge in [0.2, 0.25) is 0 Å². The molecule has 1 amide bonds. The van der Waals surface area contributed by atoms with E-state index in [1.165, 1.54) is 18.2 Å². The van der Waals surface area contributed by atoms with Gasteiger partial charge < -0.3 is 15.5 Å². The van der Waals surface area contributed by atoms with Gasteiger partial charge in [-0.2, -0.15) is 5.10 Å². The molecule has 0 radical (unpaired) electrons. The molecule has 0 saturated heterocycles. The van der Waals surface area contributed by atoms with Crippen LogP contribution in [-0.4, -0.2) is 44.4 Å². The molecule has 0 aliphatic carbocycles. The van der Waals surface area contributed by atoms with Crippen molar-refractivity contribution in [3.63, 3.8) is 0 Å². The predicted molar refractivity (Wildman–Crippen MR) is 129 cm³/mol. The van der Waals surface area contributed by atoms with Crippen molar-refractivity contribution < 1.29 is 24.2 Å². The summed E-state index contributed by atoms with van der Waals surface area (Å²) in [6.07, 6.45) is -1.47. The number of amides is 1. The molecular weight excluding hydrogens is 449 g/mol. The van der Waals surface area contributed by atoms with Gasteiger partial charge in [-0.1, -0.05) is 54.6 Å². The van der Waals surface area contributed by atoms with Gasteiger partial charge in [-0.15, -0.1) is 0 Å². The number of H-pyrrole nitrogens is 1. The highest BCUT2D eigenvalue weighted by molar-refractivity contribution is 5.93. The Bertz CT molecular complexity index is 1290. The number of nitrogens with zero attached hydrogens (tertiary/aromatic N) is 1. The summed E-state index contributed by atoms with van der Waals surface area (Å²) in [5.41, 5.74) is 4.25. The number of carbonyl (C=O) groups excluding carboxylic acids is 1. The van der Waals surface area contributed by atoms with E-state index < -0.39 is 24.0 Å². The second kappa shape index (κ2) is 10.8. The normalized spacial score (nSPS) is 12.6. The van der Waals surface area contributed by atoms with E-state index in [1.807, 2.05) is 54.6 Å². The summed E-state index contributed by atoms with van der Waals surface area (Å²) in [7, 11) is 0. The molecule has 1 heterocycles. The molecule has 4 rings (SSSR count). The summed E-state index contributed by atoms with van der Waals surface area (Å²) in [5.74, 6) is -2.22. The van der Waals surface area contributed by atoms with Gasteiger partial charge in [0.25, 0.3) is 5.91 Å². The van der Waals surface area contributed by atoms with Gasteiger partial charge in [0.15, 0.2) is 6.10 Å². The monoisotopic (exact) mass is 473 g/mol. The number of aliphatic hydroxyl groups is 1. The van der Waals surface area contributed by atoms with Crippen LogP contribution in [-0.2, 0) is 11.2 Å². The van der Waals surface area contributed by atoms with E-state index in [0.29, 0.717) is 17.7 Å². The summed E-state index contributed by atoms with van der Waals surface area (Å²) in [6.45, 7) is 0. The molecule has 0 bridgehead atoms. The molecule has 4 N–H and O–H groups in total. The number of halogens is 1. The maximum absolute atomic E-state index is 13.2. The number of carbonyl (C=O) groups is 2. The molecule has 0 fully saturated rings. The van der Waals surface area contributed by atoms with E-state index in [0.717, 1.165) is 16.7 Å². The van der Waals surface area contributed by atoms with Crippen LogP contribution in [0.25, 0.3) is 22.4 Å². The Kier molecular flexibility index (Phi) is 7.32. The zero-order valence-corrected chi connectivity index (χ0v) is 18.7. The Hall–Kier alpha value is -4.30. The molecule has 7 nitrogen and oxygen atoms in total. The summed E-state index contributed by atoms with van der Waals surface area (Å²) < 4.78 is 13.2. The highest BCUT2D eigenvalue weighted by atomic mass is 19.1. The Morgan fingerprint density at radius 2 is 1.54 bits per heavy atom. The largest absolute Gasteiger partial charge is 0.479 e. The zero-order chi connectivity index (χ0) is 24.8. The molecule has 1 unspecified atom stereocenters. The number of carboxylic acid groups (broad SMARTS) is 1. The van der Waals surface area contributed by atoms with Gasteiger partial charge in [-0.05, 0) is 53.4 Å². The van der Waals surface area contributed by atoms with Crippen LogP contribution in [0.2, 0.25) is 0 Å². The molecule has 0 aliphatic heterocycles. The van der Waals surface area contributed by atoms with E-state index in [9.17, 15) is 19.1 Å². The highest BCUT2D eigenvalue weighted by Gasteiger charge is 2.23. The maximum Gasteiger partial charge on any atom is 0.332 e. The first kappa shape index (κ1) is 23.8. The van der Waals surface area contributed by atoms with Crippen LogP contribution in [0.4, 0.5) is 4.39 Å². The number of rotatable bonds is 9. The van der Waals surface area contributed by atoms with Gasteiger partial charge in [-0.25, -0.2) is 9.18 Å². The topological polar surface area (TPSA) is 115 Å². The van der Waals surface area contributed by atoms with Crippen molar-refractivity contribution in [2.45, 2.75) is 25.0 Å². The lowest BCUT2D eigenvalue weighted by Gasteiger charge is -2.20. The average molecular weight is 474 g/mol. The van der Waals surface area contributed by atoms with E-state index in [1.54, 1.807) is 12.1 Å². The summed E-state index contributed by atoms with van der Waals surface area (Å²) in [5, 5.41) is 28.6. The van der Waals surface area contributed by atoms with Crippen LogP contribution in [0.5, 0.6) is 0 Å². The van der Waals surface area contributed by atoms with E-state index in [-0.39, 0.29) is 17.9 Å². The third-order valence-corrected chi connectivity index (χ3v) is 5.63. The van der Waals surface area contributed by atoms with Gasteiger partial charge >= 0.3 is 5.97 Å². The van der Waals surface area contributed by atoms with Gasteiger partial charge in [0, 0.05) is 18.0 Å². The Balaban J connectivity index is 1.48. The number of aromatic amines is 1. The number of aliphatic carboxylic acids is 1. The van der Waals surface area contributed by atoms with Crippen molar-refractivity contribution in [3.05, 3.63) is 102 Å². The molecule has 2 atom stereocenters. The second-order valence-corrected chi connectivity index (χ2v) is 8.20. The SMILES string of the molecule is O=C(NC(Cc1ccc(-c2ccccc2)cc1)C[C@@H](O)C(=O)O)c1cc(-c2ccc(F)cc2)n[nH]1. The van der Waals surface area contributed by atoms with E-state index >= 15 is 0 Å². The highest BCUT2D eigenvalue weighted by Crippen LogP contribution is 2.21. The Labute approximate surface area is 201 Å². The summed E-state index contributed by atoms with van der Waals surface area (Å²) in [4.78, 5) is 24.1. The first-order valence-electron chi connectivity index (χ1n) is 11.1. The number of hydrogen-bond acceptors (Lipinski definition) is 4. The fourth-order valence-corrected chi connectivity index (χ4v) is 3.78. The van der Waals surface area contributed by atoms with Crippen molar-refractivity contribution in [1.29, 1.82) is 0 Å². The molecule has 0 saturated carbocycles. The number of aromatic nitrogens is 2. The van der Waals surface area contributed by atoms with Crippen LogP contribution >= 0.6 is 0 Å². The molecule has 178 valence electrons. The van der Waals surface area contributed by atoms with Crippen LogP contribution < -0.4 is 5.32 Å². The lowest BCUT2D eigenvalue weighted by Crippen LogP contribution is -2.40. The van der Waals surface area contributed by atoms with Gasteiger partial charge in [-0.3, -0.25) is 9.89 Å². The van der Waals surface area contributed by atoms with Crippen molar-refractivity contribution in [2.75, 3.05) is 0 Å². The van der Waals surface area contributed by atoms with Crippen molar-refractivity contribution >= 4 is 11.9 Å². The van der Waals surface area contributed by atoms with Crippen molar-refractivity contribution in [2.24, 2.45) is 0 Å². The third-order valence-electron chi connectivity index (χ3n) is 5.63. The minimum Gasteiger partial charge on any atom is -0.479 e. The predicted octanol–water partition coefficient (Wildman–Crippen LogP) is 4.06. The van der Waals surface area contributed by atoms with Crippen LogP contribution in [0.15, 0.2) is 84.9 Å². The number of carboxylic acids is 1. The molecule has 0 spiro atoms. The van der Waals surface area contributed by atoms with Gasteiger partial charge in [0.1, 0.15) is 11.5 Å². The van der Waals surface area contributed by atoms with Crippen molar-refractivity contribution in [1.82, 2.24) is 15.5 Å². The quantitative estimate of drug-likeness (QED) is 0.293. The summed E-state index contributed by atoms with van der Waals surface area (Å²) >= 11 is 0. The fraction of sp³-hybridized carbons (Fsp3) is 0.148. The van der Waals surface area contributed by atoms with Crippen LogP contribution in [0.1, 0.15) is 22.5 Å². The molecular formula is C27H24FN3O4. The average Bonchev–Trinajstić information content (AvgIpc) is 3.36. The second-order valence-electron chi connectivity index (χ2n) is 8.20. The maximum atomic E-state index is 13.2. The zero-order valence-electron chi connectivity index (χ0n) is 18.7. The van der Waals surface area contributed by atoms with E-state index in [2.05, 4.69) is 15.5 Å². The van der Waals surface area contributed by atoms with Crippen LogP contribution in [0, 0.1) is 5.82 Å². The number of hydrogen-bond donors (Lipinski definition) is 4. The standard InChI is InChI=1S/C27H24FN3O4/c28-21-12-10-20(11-13-21)23-16-24(31-30-23)26(33)29-22(15-25(32)27(34)35)14-17-6-8-19(9-7-17)18-4-2-1-3-5-18/h1-13,16,22,25,32H,14-15H2,(H,29,33)(H,30,31)(H,34,35)/t22?,25-/m1/s1. The fourth-order valence-electron chi connectivity index (χ4n) is 3.78. The first-order valence-corrected chi connectivity index (χ1v) is 11.1. The minimum atomic E-state index is -1.62. The van der Waals surface area contributed by atoms with Gasteiger partial charge in [0.05, 0.1) is 5.69 Å². The Morgan fingerprint density at radius 3 is 2.20 bits per heavy atom. The molecule has 1 aromatic heterocycles. The molecule has 35 heavy (non-hydrogen) atoms. The smallest absolute Gasteiger partial charge is 0.332 e. The lowest BCUT2D eigenvalue weighted by atomic mass is 9.97. The first-order chi connectivity index (χ1) is 16.9. The number of aliphatic hydroxyl groups excluding tert-OH is 1. The molecule has 8 heteroatoms. The lowest BCUT2D eigenvalue weighted by molar-refractivity contribution is -0.147. The van der Waals surface area contributed by atoms with Crippen LogP contribution in [0.3, 0.4) is 0 Å². The number of benzene rings is 3. The van der Waals surface area contributed by atoms with Crippen molar-refractivity contribution in [3.8, 4) is 22.4 Å².